The maximum Gasteiger partial charge on any atom is 0.405 e. The van der Waals surface area contributed by atoms with Gasteiger partial charge in [0.15, 0.2) is 0 Å². The zero-order chi connectivity index (χ0) is 16.9. The van der Waals surface area contributed by atoms with E-state index in [9.17, 15) is 23.1 Å². The topological polar surface area (TPSA) is 49.3 Å². The van der Waals surface area contributed by atoms with Gasteiger partial charge < -0.3 is 10.4 Å². The second kappa shape index (κ2) is 7.17. The molecule has 1 unspecified atom stereocenters. The molecule has 0 aliphatic carbocycles. The molecule has 0 aliphatic heterocycles. The van der Waals surface area contributed by atoms with Gasteiger partial charge in [-0.3, -0.25) is 4.79 Å². The first-order valence-corrected chi connectivity index (χ1v) is 7.02. The standard InChI is InChI=1S/C17H16F3NO2/c18-17(19,20)11-21-16(23)15(13-4-2-1-3-5-13)10-12-6-8-14(22)9-7-12/h1-9,15,22H,10-11H2,(H,21,23). The van der Waals surface area contributed by atoms with E-state index in [1.807, 2.05) is 5.32 Å². The number of carbonyl (C=O) groups is 1. The smallest absolute Gasteiger partial charge is 0.405 e. The summed E-state index contributed by atoms with van der Waals surface area (Å²) >= 11 is 0. The maximum absolute atomic E-state index is 12.3. The summed E-state index contributed by atoms with van der Waals surface area (Å²) in [6.07, 6.45) is -4.20. The van der Waals surface area contributed by atoms with Gasteiger partial charge in [-0.25, -0.2) is 0 Å². The second-order valence-corrected chi connectivity index (χ2v) is 5.17. The van der Waals surface area contributed by atoms with Gasteiger partial charge in [0, 0.05) is 0 Å². The second-order valence-electron chi connectivity index (χ2n) is 5.17. The van der Waals surface area contributed by atoms with E-state index in [1.54, 1.807) is 42.5 Å². The summed E-state index contributed by atoms with van der Waals surface area (Å²) in [6, 6.07) is 14.9. The third-order valence-electron chi connectivity index (χ3n) is 3.36. The average molecular weight is 323 g/mol. The largest absolute Gasteiger partial charge is 0.508 e. The average Bonchev–Trinajstić information content (AvgIpc) is 2.52. The quantitative estimate of drug-likeness (QED) is 0.886. The number of benzene rings is 2. The van der Waals surface area contributed by atoms with Crippen molar-refractivity contribution in [3.63, 3.8) is 0 Å². The van der Waals surface area contributed by atoms with Crippen LogP contribution in [-0.2, 0) is 11.2 Å². The number of nitrogens with one attached hydrogen (secondary N) is 1. The third-order valence-corrected chi connectivity index (χ3v) is 3.36. The molecule has 2 rings (SSSR count). The summed E-state index contributed by atoms with van der Waals surface area (Å²) in [5.41, 5.74) is 1.39. The molecule has 0 saturated carbocycles. The van der Waals surface area contributed by atoms with E-state index in [0.717, 1.165) is 5.56 Å². The van der Waals surface area contributed by atoms with Gasteiger partial charge in [-0.15, -0.1) is 0 Å². The van der Waals surface area contributed by atoms with E-state index in [1.165, 1.54) is 12.1 Å². The molecule has 1 amide bonds. The molecule has 1 atom stereocenters. The Morgan fingerprint density at radius 3 is 2.22 bits per heavy atom. The molecule has 0 spiro atoms. The molecule has 2 aromatic carbocycles. The van der Waals surface area contributed by atoms with Gasteiger partial charge in [-0.2, -0.15) is 13.2 Å². The monoisotopic (exact) mass is 323 g/mol. The summed E-state index contributed by atoms with van der Waals surface area (Å²) in [7, 11) is 0. The lowest BCUT2D eigenvalue weighted by Crippen LogP contribution is -2.37. The Morgan fingerprint density at radius 2 is 1.65 bits per heavy atom. The molecular weight excluding hydrogens is 307 g/mol. The molecule has 3 nitrogen and oxygen atoms in total. The van der Waals surface area contributed by atoms with Gasteiger partial charge in [0.1, 0.15) is 12.3 Å². The minimum Gasteiger partial charge on any atom is -0.508 e. The Hall–Kier alpha value is -2.50. The lowest BCUT2D eigenvalue weighted by atomic mass is 9.91. The molecule has 0 saturated heterocycles. The Bertz CT molecular complexity index is 639. The maximum atomic E-state index is 12.3. The zero-order valence-electron chi connectivity index (χ0n) is 12.2. The Morgan fingerprint density at radius 1 is 1.04 bits per heavy atom. The molecule has 0 aliphatic rings. The number of halogens is 3. The van der Waals surface area contributed by atoms with Crippen LogP contribution in [0.4, 0.5) is 13.2 Å². The molecule has 122 valence electrons. The molecule has 0 radical (unpaired) electrons. The highest BCUT2D eigenvalue weighted by Crippen LogP contribution is 2.23. The van der Waals surface area contributed by atoms with Crippen molar-refractivity contribution in [2.75, 3.05) is 6.54 Å². The van der Waals surface area contributed by atoms with Crippen LogP contribution in [0.5, 0.6) is 5.75 Å². The fourth-order valence-electron chi connectivity index (χ4n) is 2.23. The van der Waals surface area contributed by atoms with E-state index in [-0.39, 0.29) is 12.2 Å². The minimum absolute atomic E-state index is 0.0894. The number of phenolic OH excluding ortho intramolecular Hbond substituents is 1. The first kappa shape index (κ1) is 16.9. The van der Waals surface area contributed by atoms with Crippen LogP contribution in [0.3, 0.4) is 0 Å². The molecule has 0 aromatic heterocycles. The van der Waals surface area contributed by atoms with Crippen LogP contribution >= 0.6 is 0 Å². The van der Waals surface area contributed by atoms with Crippen molar-refractivity contribution in [2.45, 2.75) is 18.5 Å². The Balaban J connectivity index is 2.18. The van der Waals surface area contributed by atoms with Crippen LogP contribution in [0.1, 0.15) is 17.0 Å². The fraction of sp³-hybridized carbons (Fsp3) is 0.235. The lowest BCUT2D eigenvalue weighted by molar-refractivity contribution is -0.139. The first-order valence-electron chi connectivity index (χ1n) is 7.02. The van der Waals surface area contributed by atoms with Gasteiger partial charge in [0.05, 0.1) is 5.92 Å². The fourth-order valence-corrected chi connectivity index (χ4v) is 2.23. The molecule has 0 heterocycles. The Kier molecular flexibility index (Phi) is 5.26. The van der Waals surface area contributed by atoms with E-state index >= 15 is 0 Å². The number of amides is 1. The summed E-state index contributed by atoms with van der Waals surface area (Å²) in [4.78, 5) is 12.2. The van der Waals surface area contributed by atoms with Crippen LogP contribution < -0.4 is 5.32 Å². The van der Waals surface area contributed by atoms with E-state index in [2.05, 4.69) is 0 Å². The number of aromatic hydroxyl groups is 1. The summed E-state index contributed by atoms with van der Waals surface area (Å²) in [5.74, 6) is -1.32. The van der Waals surface area contributed by atoms with Gasteiger partial charge in [0.25, 0.3) is 0 Å². The molecule has 2 aromatic rings. The van der Waals surface area contributed by atoms with Crippen molar-refractivity contribution in [2.24, 2.45) is 0 Å². The molecule has 0 fully saturated rings. The minimum atomic E-state index is -4.45. The van der Waals surface area contributed by atoms with Crippen molar-refractivity contribution in [1.82, 2.24) is 5.32 Å². The number of phenols is 1. The van der Waals surface area contributed by atoms with E-state index in [0.29, 0.717) is 5.56 Å². The first-order chi connectivity index (χ1) is 10.8. The van der Waals surface area contributed by atoms with Crippen LogP contribution in [0.2, 0.25) is 0 Å². The van der Waals surface area contributed by atoms with Crippen LogP contribution in [0.25, 0.3) is 0 Å². The number of hydrogen-bond acceptors (Lipinski definition) is 2. The van der Waals surface area contributed by atoms with E-state index < -0.39 is 24.5 Å². The van der Waals surface area contributed by atoms with Crippen molar-refractivity contribution in [3.05, 3.63) is 65.7 Å². The highest BCUT2D eigenvalue weighted by atomic mass is 19.4. The molecule has 6 heteroatoms. The summed E-state index contributed by atoms with van der Waals surface area (Å²) < 4.78 is 36.9. The Labute approximate surface area is 131 Å². The lowest BCUT2D eigenvalue weighted by Gasteiger charge is -2.18. The van der Waals surface area contributed by atoms with E-state index in [4.69, 9.17) is 0 Å². The van der Waals surface area contributed by atoms with Crippen LogP contribution in [0.15, 0.2) is 54.6 Å². The van der Waals surface area contributed by atoms with Gasteiger partial charge in [0.2, 0.25) is 5.91 Å². The van der Waals surface area contributed by atoms with Crippen LogP contribution in [0, 0.1) is 0 Å². The predicted octanol–water partition coefficient (Wildman–Crippen LogP) is 3.40. The number of hydrogen-bond donors (Lipinski definition) is 2. The predicted molar refractivity (Wildman–Crippen MR) is 80.1 cm³/mol. The zero-order valence-corrected chi connectivity index (χ0v) is 12.2. The molecular formula is C17H16F3NO2. The molecule has 2 N–H and O–H groups in total. The number of rotatable bonds is 5. The SMILES string of the molecule is O=C(NCC(F)(F)F)C(Cc1ccc(O)cc1)c1ccccc1. The normalized spacial score (nSPS) is 12.7. The van der Waals surface area contributed by atoms with Crippen molar-refractivity contribution in [3.8, 4) is 5.75 Å². The molecule has 0 bridgehead atoms. The van der Waals surface area contributed by atoms with Gasteiger partial charge in [-0.1, -0.05) is 42.5 Å². The number of carbonyl (C=O) groups excluding carboxylic acids is 1. The van der Waals surface area contributed by atoms with Gasteiger partial charge >= 0.3 is 6.18 Å². The van der Waals surface area contributed by atoms with Crippen molar-refractivity contribution in [1.29, 1.82) is 0 Å². The third kappa shape index (κ3) is 5.32. The van der Waals surface area contributed by atoms with Crippen molar-refractivity contribution >= 4 is 5.91 Å². The van der Waals surface area contributed by atoms with Crippen LogP contribution in [-0.4, -0.2) is 23.7 Å². The van der Waals surface area contributed by atoms with Crippen molar-refractivity contribution < 1.29 is 23.1 Å². The summed E-state index contributed by atoms with van der Waals surface area (Å²) in [6.45, 7) is -1.36. The van der Waals surface area contributed by atoms with Gasteiger partial charge in [-0.05, 0) is 29.7 Å². The summed E-state index contributed by atoms with van der Waals surface area (Å²) in [5, 5.41) is 11.2. The molecule has 23 heavy (non-hydrogen) atoms. The highest BCUT2D eigenvalue weighted by Gasteiger charge is 2.30. The highest BCUT2D eigenvalue weighted by molar-refractivity contribution is 5.84. The number of alkyl halides is 3.